The molecule has 0 aliphatic heterocycles. The van der Waals surface area contributed by atoms with E-state index in [9.17, 15) is 4.79 Å². The predicted octanol–water partition coefficient (Wildman–Crippen LogP) is 2.74. The van der Waals surface area contributed by atoms with Crippen molar-refractivity contribution in [2.45, 2.75) is 32.2 Å². The molecule has 2 N–H and O–H groups in total. The Hall–Kier alpha value is -2.14. The molecule has 0 aliphatic rings. The summed E-state index contributed by atoms with van der Waals surface area (Å²) in [5.74, 6) is 0.113. The standard InChI is InChI=1S/C17H23N3O2/c1-12(13-8-6-5-7-9-13)10-20(4)16(21)14-11-22-19-15(14)17(2,3)18/h5-9,11-12H,10,18H2,1-4H3/t12-/m0/s1. The second kappa shape index (κ2) is 6.32. The molecule has 22 heavy (non-hydrogen) atoms. The van der Waals surface area contributed by atoms with Gasteiger partial charge in [0.2, 0.25) is 0 Å². The minimum absolute atomic E-state index is 0.127. The van der Waals surface area contributed by atoms with Gasteiger partial charge in [0, 0.05) is 13.6 Å². The molecule has 0 fully saturated rings. The van der Waals surface area contributed by atoms with Crippen LogP contribution in [0.5, 0.6) is 0 Å². The first-order valence-corrected chi connectivity index (χ1v) is 7.35. The molecule has 1 aromatic heterocycles. The molecule has 5 heteroatoms. The number of carbonyl (C=O) groups excluding carboxylic acids is 1. The topological polar surface area (TPSA) is 72.4 Å². The Morgan fingerprint density at radius 1 is 1.36 bits per heavy atom. The van der Waals surface area contributed by atoms with Crippen LogP contribution >= 0.6 is 0 Å². The van der Waals surface area contributed by atoms with Crippen LogP contribution in [0, 0.1) is 0 Å². The van der Waals surface area contributed by atoms with E-state index in [4.69, 9.17) is 10.3 Å². The molecule has 2 rings (SSSR count). The van der Waals surface area contributed by atoms with E-state index in [1.165, 1.54) is 11.8 Å². The van der Waals surface area contributed by atoms with Gasteiger partial charge in [0.25, 0.3) is 5.91 Å². The highest BCUT2D eigenvalue weighted by molar-refractivity contribution is 5.95. The second-order valence-electron chi connectivity index (χ2n) is 6.30. The minimum Gasteiger partial charge on any atom is -0.364 e. The molecule has 0 saturated heterocycles. The number of nitrogens with two attached hydrogens (primary N) is 1. The summed E-state index contributed by atoms with van der Waals surface area (Å²) in [5, 5.41) is 3.88. The van der Waals surface area contributed by atoms with E-state index in [1.54, 1.807) is 25.8 Å². The molecule has 0 unspecified atom stereocenters. The van der Waals surface area contributed by atoms with Crippen molar-refractivity contribution >= 4 is 5.91 Å². The summed E-state index contributed by atoms with van der Waals surface area (Å²) in [6.07, 6.45) is 1.37. The number of carbonyl (C=O) groups is 1. The van der Waals surface area contributed by atoms with E-state index in [1.807, 2.05) is 18.2 Å². The summed E-state index contributed by atoms with van der Waals surface area (Å²) in [7, 11) is 1.78. The van der Waals surface area contributed by atoms with Crippen molar-refractivity contribution in [3.63, 3.8) is 0 Å². The van der Waals surface area contributed by atoms with Gasteiger partial charge in [0.05, 0.1) is 5.54 Å². The van der Waals surface area contributed by atoms with Crippen LogP contribution in [0.4, 0.5) is 0 Å². The smallest absolute Gasteiger partial charge is 0.258 e. The van der Waals surface area contributed by atoms with E-state index >= 15 is 0 Å². The summed E-state index contributed by atoms with van der Waals surface area (Å²) in [5.41, 5.74) is 7.43. The van der Waals surface area contributed by atoms with Crippen LogP contribution in [0.25, 0.3) is 0 Å². The lowest BCUT2D eigenvalue weighted by atomic mass is 9.97. The maximum Gasteiger partial charge on any atom is 0.258 e. The molecule has 0 spiro atoms. The van der Waals surface area contributed by atoms with Crippen molar-refractivity contribution < 1.29 is 9.32 Å². The molecule has 1 amide bonds. The number of hydrogen-bond acceptors (Lipinski definition) is 4. The maximum absolute atomic E-state index is 12.6. The van der Waals surface area contributed by atoms with Crippen molar-refractivity contribution in [3.8, 4) is 0 Å². The van der Waals surface area contributed by atoms with Crippen molar-refractivity contribution in [1.29, 1.82) is 0 Å². The summed E-state index contributed by atoms with van der Waals surface area (Å²) in [6, 6.07) is 10.1. The SMILES string of the molecule is C[C@@H](CN(C)C(=O)c1conc1C(C)(C)N)c1ccccc1. The third-order valence-corrected chi connectivity index (χ3v) is 3.67. The molecule has 0 aliphatic carbocycles. The van der Waals surface area contributed by atoms with Crippen molar-refractivity contribution in [2.24, 2.45) is 5.73 Å². The van der Waals surface area contributed by atoms with Gasteiger partial charge in [-0.25, -0.2) is 0 Å². The van der Waals surface area contributed by atoms with Gasteiger partial charge in [-0.1, -0.05) is 42.4 Å². The molecule has 0 saturated carbocycles. The third kappa shape index (κ3) is 3.54. The average molecular weight is 301 g/mol. The van der Waals surface area contributed by atoms with Gasteiger partial charge in [-0.2, -0.15) is 0 Å². The van der Waals surface area contributed by atoms with Crippen LogP contribution in [0.15, 0.2) is 41.1 Å². The molecular weight excluding hydrogens is 278 g/mol. The lowest BCUT2D eigenvalue weighted by molar-refractivity contribution is 0.0785. The highest BCUT2D eigenvalue weighted by Gasteiger charge is 2.28. The average Bonchev–Trinajstić information content (AvgIpc) is 2.96. The number of amides is 1. The molecule has 0 radical (unpaired) electrons. The van der Waals surface area contributed by atoms with Gasteiger partial charge in [-0.15, -0.1) is 0 Å². The molecule has 2 aromatic rings. The number of aromatic nitrogens is 1. The number of hydrogen-bond donors (Lipinski definition) is 1. The van der Waals surface area contributed by atoms with Gasteiger partial charge in [0.15, 0.2) is 0 Å². The van der Waals surface area contributed by atoms with Gasteiger partial charge >= 0.3 is 0 Å². The number of nitrogens with zero attached hydrogens (tertiary/aromatic N) is 2. The zero-order chi connectivity index (χ0) is 16.3. The first-order chi connectivity index (χ1) is 10.3. The number of benzene rings is 1. The van der Waals surface area contributed by atoms with Gasteiger partial charge in [-0.05, 0) is 25.3 Å². The predicted molar refractivity (Wildman–Crippen MR) is 85.5 cm³/mol. The van der Waals surface area contributed by atoms with E-state index < -0.39 is 5.54 Å². The lowest BCUT2D eigenvalue weighted by Gasteiger charge is -2.23. The summed E-state index contributed by atoms with van der Waals surface area (Å²) < 4.78 is 4.96. The molecule has 118 valence electrons. The molecule has 0 bridgehead atoms. The van der Waals surface area contributed by atoms with E-state index in [-0.39, 0.29) is 11.8 Å². The molecule has 1 heterocycles. The Bertz CT molecular complexity index is 629. The van der Waals surface area contributed by atoms with Crippen LogP contribution in [-0.4, -0.2) is 29.6 Å². The Kier molecular flexibility index (Phi) is 4.66. The van der Waals surface area contributed by atoms with E-state index in [0.717, 1.165) is 0 Å². The molecule has 1 atom stereocenters. The zero-order valence-corrected chi connectivity index (χ0v) is 13.5. The fourth-order valence-electron chi connectivity index (χ4n) is 2.44. The van der Waals surface area contributed by atoms with Crippen molar-refractivity contribution in [2.75, 3.05) is 13.6 Å². The second-order valence-corrected chi connectivity index (χ2v) is 6.30. The van der Waals surface area contributed by atoms with Gasteiger partial charge < -0.3 is 15.2 Å². The number of likely N-dealkylation sites (N-methyl/N-ethyl adjacent to an activating group) is 1. The quantitative estimate of drug-likeness (QED) is 0.921. The monoisotopic (exact) mass is 301 g/mol. The summed E-state index contributed by atoms with van der Waals surface area (Å²) in [6.45, 7) is 6.31. The van der Waals surface area contributed by atoms with Crippen LogP contribution in [-0.2, 0) is 5.54 Å². The first kappa shape index (κ1) is 16.2. The van der Waals surface area contributed by atoms with E-state index in [0.29, 0.717) is 17.8 Å². The summed E-state index contributed by atoms with van der Waals surface area (Å²) in [4.78, 5) is 14.3. The zero-order valence-electron chi connectivity index (χ0n) is 13.5. The first-order valence-electron chi connectivity index (χ1n) is 7.35. The maximum atomic E-state index is 12.6. The van der Waals surface area contributed by atoms with Crippen LogP contribution < -0.4 is 5.73 Å². The number of rotatable bonds is 5. The highest BCUT2D eigenvalue weighted by atomic mass is 16.5. The lowest BCUT2D eigenvalue weighted by Crippen LogP contribution is -2.35. The van der Waals surface area contributed by atoms with Gasteiger partial charge in [-0.3, -0.25) is 4.79 Å². The third-order valence-electron chi connectivity index (χ3n) is 3.67. The Morgan fingerprint density at radius 3 is 2.59 bits per heavy atom. The van der Waals surface area contributed by atoms with Crippen LogP contribution in [0.2, 0.25) is 0 Å². The fraction of sp³-hybridized carbons (Fsp3) is 0.412. The van der Waals surface area contributed by atoms with Crippen LogP contribution in [0.1, 0.15) is 48.3 Å². The largest absolute Gasteiger partial charge is 0.364 e. The molecule has 1 aromatic carbocycles. The highest BCUT2D eigenvalue weighted by Crippen LogP contribution is 2.22. The fourth-order valence-corrected chi connectivity index (χ4v) is 2.44. The Morgan fingerprint density at radius 2 is 2.00 bits per heavy atom. The Labute approximate surface area is 131 Å². The molecular formula is C17H23N3O2. The Balaban J connectivity index is 2.12. The van der Waals surface area contributed by atoms with E-state index in [2.05, 4.69) is 24.2 Å². The minimum atomic E-state index is -0.718. The summed E-state index contributed by atoms with van der Waals surface area (Å²) >= 11 is 0. The van der Waals surface area contributed by atoms with Gasteiger partial charge in [0.1, 0.15) is 17.5 Å². The molecule has 5 nitrogen and oxygen atoms in total. The normalized spacial score (nSPS) is 13.0. The van der Waals surface area contributed by atoms with Crippen molar-refractivity contribution in [1.82, 2.24) is 10.1 Å². The van der Waals surface area contributed by atoms with Crippen molar-refractivity contribution in [3.05, 3.63) is 53.4 Å². The van der Waals surface area contributed by atoms with Crippen LogP contribution in [0.3, 0.4) is 0 Å².